The Labute approximate surface area is 159 Å². The van der Waals surface area contributed by atoms with Gasteiger partial charge >= 0.3 is 0 Å². The molecule has 6 heteroatoms. The Kier molecular flexibility index (Phi) is 6.06. The van der Waals surface area contributed by atoms with Crippen molar-refractivity contribution < 1.29 is 9.13 Å². The third-order valence-electron chi connectivity index (χ3n) is 4.58. The van der Waals surface area contributed by atoms with Gasteiger partial charge < -0.3 is 15.0 Å². The summed E-state index contributed by atoms with van der Waals surface area (Å²) in [5.41, 5.74) is 3.18. The van der Waals surface area contributed by atoms with E-state index in [0.29, 0.717) is 0 Å². The lowest BCUT2D eigenvalue weighted by atomic mass is 10.2. The van der Waals surface area contributed by atoms with Crippen LogP contribution in [0.1, 0.15) is 11.1 Å². The molecule has 138 valence electrons. The number of hydrogen-bond acceptors (Lipinski definition) is 3. The first-order valence-electron chi connectivity index (χ1n) is 8.72. The lowest BCUT2D eigenvalue weighted by Gasteiger charge is -2.36. The van der Waals surface area contributed by atoms with Crippen LogP contribution in [0.25, 0.3) is 0 Å². The van der Waals surface area contributed by atoms with Crippen molar-refractivity contribution in [2.45, 2.75) is 13.5 Å². The zero-order chi connectivity index (χ0) is 18.5. The summed E-state index contributed by atoms with van der Waals surface area (Å²) in [6, 6.07) is 12.7. The number of halogens is 1. The van der Waals surface area contributed by atoms with Crippen molar-refractivity contribution >= 4 is 23.0 Å². The molecule has 0 saturated carbocycles. The van der Waals surface area contributed by atoms with Gasteiger partial charge in [0.25, 0.3) is 0 Å². The summed E-state index contributed by atoms with van der Waals surface area (Å²) in [5, 5.41) is 4.03. The highest BCUT2D eigenvalue weighted by Crippen LogP contribution is 2.25. The quantitative estimate of drug-likeness (QED) is 0.826. The molecule has 2 aromatic carbocycles. The van der Waals surface area contributed by atoms with Crippen molar-refractivity contribution in [3.05, 3.63) is 59.4 Å². The van der Waals surface area contributed by atoms with E-state index < -0.39 is 0 Å². The Morgan fingerprint density at radius 3 is 2.46 bits per heavy atom. The van der Waals surface area contributed by atoms with Crippen LogP contribution < -0.4 is 10.1 Å². The molecule has 0 spiro atoms. The third-order valence-corrected chi connectivity index (χ3v) is 4.94. The van der Waals surface area contributed by atoms with Gasteiger partial charge in [0.1, 0.15) is 11.6 Å². The maximum absolute atomic E-state index is 13.0. The van der Waals surface area contributed by atoms with E-state index in [9.17, 15) is 4.39 Å². The Morgan fingerprint density at radius 1 is 1.12 bits per heavy atom. The minimum atomic E-state index is -0.193. The number of nitrogens with zero attached hydrogens (tertiary/aromatic N) is 2. The summed E-state index contributed by atoms with van der Waals surface area (Å²) in [6.45, 7) is 6.44. The minimum Gasteiger partial charge on any atom is -0.495 e. The maximum Gasteiger partial charge on any atom is 0.173 e. The molecule has 1 fully saturated rings. The molecule has 2 aromatic rings. The number of thiocarbonyl (C=S) groups is 1. The third kappa shape index (κ3) is 4.71. The van der Waals surface area contributed by atoms with E-state index in [4.69, 9.17) is 17.0 Å². The Bertz CT molecular complexity index is 758. The van der Waals surface area contributed by atoms with Crippen molar-refractivity contribution in [3.63, 3.8) is 0 Å². The fraction of sp³-hybridized carbons (Fsp3) is 0.350. The number of methoxy groups -OCH3 is 1. The molecule has 0 amide bonds. The normalized spacial score (nSPS) is 15.0. The number of ether oxygens (including phenoxy) is 1. The van der Waals surface area contributed by atoms with Crippen LogP contribution in [-0.2, 0) is 6.54 Å². The first-order chi connectivity index (χ1) is 12.5. The number of nitrogens with one attached hydrogen (secondary N) is 1. The molecular weight excluding hydrogens is 349 g/mol. The van der Waals surface area contributed by atoms with Gasteiger partial charge in [0, 0.05) is 32.7 Å². The molecule has 1 aliphatic rings. The average molecular weight is 373 g/mol. The number of piperazine rings is 1. The Hall–Kier alpha value is -2.18. The zero-order valence-corrected chi connectivity index (χ0v) is 16.0. The van der Waals surface area contributed by atoms with Crippen LogP contribution in [0, 0.1) is 12.7 Å². The fourth-order valence-corrected chi connectivity index (χ4v) is 3.36. The molecule has 0 bridgehead atoms. The molecule has 3 rings (SSSR count). The van der Waals surface area contributed by atoms with E-state index in [1.54, 1.807) is 7.11 Å². The number of rotatable bonds is 4. The first-order valence-corrected chi connectivity index (χ1v) is 9.13. The lowest BCUT2D eigenvalue weighted by Crippen LogP contribution is -2.49. The van der Waals surface area contributed by atoms with Crippen molar-refractivity contribution in [1.29, 1.82) is 0 Å². The highest BCUT2D eigenvalue weighted by atomic mass is 32.1. The minimum absolute atomic E-state index is 0.193. The van der Waals surface area contributed by atoms with E-state index in [-0.39, 0.29) is 5.82 Å². The highest BCUT2D eigenvalue weighted by Gasteiger charge is 2.19. The van der Waals surface area contributed by atoms with Crippen LogP contribution in [0.3, 0.4) is 0 Å². The molecule has 1 N–H and O–H groups in total. The molecule has 0 radical (unpaired) electrons. The zero-order valence-electron chi connectivity index (χ0n) is 15.2. The molecule has 1 saturated heterocycles. The number of aryl methyl sites for hydroxylation is 1. The number of hydrogen-bond donors (Lipinski definition) is 1. The van der Waals surface area contributed by atoms with Crippen molar-refractivity contribution in [1.82, 2.24) is 9.80 Å². The predicted octanol–water partition coefficient (Wildman–Crippen LogP) is 3.66. The van der Waals surface area contributed by atoms with Gasteiger partial charge in [-0.2, -0.15) is 0 Å². The largest absolute Gasteiger partial charge is 0.495 e. The standard InChI is InChI=1S/C20H24FN3OS/c1-15-3-8-19(25-2)18(13-15)22-20(26)24-11-9-23(10-12-24)14-16-4-6-17(21)7-5-16/h3-8,13H,9-12,14H2,1-2H3,(H,22,26). The van der Waals surface area contributed by atoms with Gasteiger partial charge in [-0.15, -0.1) is 0 Å². The van der Waals surface area contributed by atoms with Crippen LogP contribution in [0.15, 0.2) is 42.5 Å². The second-order valence-electron chi connectivity index (χ2n) is 6.52. The Morgan fingerprint density at radius 2 is 1.81 bits per heavy atom. The van der Waals surface area contributed by atoms with Crippen LogP contribution >= 0.6 is 12.2 Å². The summed E-state index contributed by atoms with van der Waals surface area (Å²) < 4.78 is 18.4. The Balaban J connectivity index is 1.53. The lowest BCUT2D eigenvalue weighted by molar-refractivity contribution is 0.177. The SMILES string of the molecule is COc1ccc(C)cc1NC(=S)N1CCN(Cc2ccc(F)cc2)CC1. The smallest absolute Gasteiger partial charge is 0.173 e. The van der Waals surface area contributed by atoms with Crippen LogP contribution in [0.5, 0.6) is 5.75 Å². The molecule has 1 heterocycles. The summed E-state index contributed by atoms with van der Waals surface area (Å²) in [5.74, 6) is 0.592. The number of anilines is 1. The summed E-state index contributed by atoms with van der Waals surface area (Å²) in [4.78, 5) is 4.54. The second kappa shape index (κ2) is 8.47. The highest BCUT2D eigenvalue weighted by molar-refractivity contribution is 7.80. The van der Waals surface area contributed by atoms with E-state index in [1.165, 1.54) is 12.1 Å². The van der Waals surface area contributed by atoms with Gasteiger partial charge in [-0.25, -0.2) is 4.39 Å². The van der Waals surface area contributed by atoms with Crippen molar-refractivity contribution in [3.8, 4) is 5.75 Å². The monoisotopic (exact) mass is 373 g/mol. The second-order valence-corrected chi connectivity index (χ2v) is 6.91. The molecular formula is C20H24FN3OS. The van der Waals surface area contributed by atoms with Gasteiger partial charge in [-0.05, 0) is 54.5 Å². The van der Waals surface area contributed by atoms with Gasteiger partial charge in [0.2, 0.25) is 0 Å². The molecule has 0 aromatic heterocycles. The number of benzene rings is 2. The summed E-state index contributed by atoms with van der Waals surface area (Å²) >= 11 is 5.59. The molecule has 0 atom stereocenters. The predicted molar refractivity (Wildman–Crippen MR) is 107 cm³/mol. The topological polar surface area (TPSA) is 27.7 Å². The molecule has 4 nitrogen and oxygen atoms in total. The van der Waals surface area contributed by atoms with Crippen molar-refractivity contribution in [2.24, 2.45) is 0 Å². The first kappa shape index (κ1) is 18.6. The fourth-order valence-electron chi connectivity index (χ4n) is 3.07. The molecule has 0 aliphatic carbocycles. The molecule has 1 aliphatic heterocycles. The van der Waals surface area contributed by atoms with Crippen LogP contribution in [0.4, 0.5) is 10.1 Å². The van der Waals surface area contributed by atoms with Crippen LogP contribution in [0.2, 0.25) is 0 Å². The summed E-state index contributed by atoms with van der Waals surface area (Å²) in [6.07, 6.45) is 0. The van der Waals surface area contributed by atoms with E-state index in [2.05, 4.69) is 15.1 Å². The van der Waals surface area contributed by atoms with Gasteiger partial charge in [0.05, 0.1) is 12.8 Å². The van der Waals surface area contributed by atoms with E-state index in [1.807, 2.05) is 37.3 Å². The van der Waals surface area contributed by atoms with Gasteiger partial charge in [0.15, 0.2) is 5.11 Å². The summed E-state index contributed by atoms with van der Waals surface area (Å²) in [7, 11) is 1.66. The molecule has 0 unspecified atom stereocenters. The van der Waals surface area contributed by atoms with Crippen molar-refractivity contribution in [2.75, 3.05) is 38.6 Å². The van der Waals surface area contributed by atoms with Gasteiger partial charge in [-0.1, -0.05) is 18.2 Å². The maximum atomic E-state index is 13.0. The van der Waals surface area contributed by atoms with Gasteiger partial charge in [-0.3, -0.25) is 4.90 Å². The average Bonchev–Trinajstić information content (AvgIpc) is 2.64. The van der Waals surface area contributed by atoms with Crippen LogP contribution in [-0.4, -0.2) is 48.2 Å². The molecule has 26 heavy (non-hydrogen) atoms. The van der Waals surface area contributed by atoms with E-state index >= 15 is 0 Å². The van der Waals surface area contributed by atoms with E-state index in [0.717, 1.165) is 60.4 Å².